The normalized spacial score (nSPS) is 12.4. The first-order valence-electron chi connectivity index (χ1n) is 4.86. The van der Waals surface area contributed by atoms with Crippen LogP contribution in [-0.2, 0) is 6.18 Å². The highest BCUT2D eigenvalue weighted by Crippen LogP contribution is 2.30. The third kappa shape index (κ3) is 1.52. The molecule has 0 fully saturated rings. The Morgan fingerprint density at radius 2 is 1.82 bits per heavy atom. The van der Waals surface area contributed by atoms with E-state index in [1.54, 1.807) is 24.3 Å². The van der Waals surface area contributed by atoms with Gasteiger partial charge in [0.25, 0.3) is 0 Å². The predicted octanol–water partition coefficient (Wildman–Crippen LogP) is 3.13. The first kappa shape index (κ1) is 10.1. The first-order chi connectivity index (χ1) is 8.05. The zero-order valence-electron chi connectivity index (χ0n) is 8.42. The molecule has 0 aliphatic heterocycles. The SMILES string of the molecule is FC(F)(F)c1nc2cnc3ccccc3c2[nH]1. The molecule has 3 aromatic rings. The molecule has 17 heavy (non-hydrogen) atoms. The molecule has 0 amide bonds. The number of halogens is 3. The number of para-hydroxylation sites is 1. The van der Waals surface area contributed by atoms with Gasteiger partial charge >= 0.3 is 6.18 Å². The molecule has 3 rings (SSSR count). The Morgan fingerprint density at radius 1 is 1.06 bits per heavy atom. The second kappa shape index (κ2) is 3.19. The molecule has 0 aliphatic rings. The number of benzene rings is 1. The van der Waals surface area contributed by atoms with Gasteiger partial charge in [-0.1, -0.05) is 18.2 Å². The monoisotopic (exact) mass is 237 g/mol. The molecule has 0 spiro atoms. The van der Waals surface area contributed by atoms with Crippen LogP contribution in [0.2, 0.25) is 0 Å². The number of hydrogen-bond donors (Lipinski definition) is 1. The number of fused-ring (bicyclic) bond motifs is 3. The highest BCUT2D eigenvalue weighted by molar-refractivity contribution is 6.01. The van der Waals surface area contributed by atoms with Crippen molar-refractivity contribution in [1.29, 1.82) is 0 Å². The molecular formula is C11H6F3N3. The second-order valence-electron chi connectivity index (χ2n) is 3.62. The molecule has 2 aromatic heterocycles. The van der Waals surface area contributed by atoms with Crippen LogP contribution in [0.25, 0.3) is 21.9 Å². The average Bonchev–Trinajstić information content (AvgIpc) is 2.72. The van der Waals surface area contributed by atoms with Crippen molar-refractivity contribution in [3.63, 3.8) is 0 Å². The van der Waals surface area contributed by atoms with Gasteiger partial charge in [-0.3, -0.25) is 4.98 Å². The quantitative estimate of drug-likeness (QED) is 0.652. The van der Waals surface area contributed by atoms with E-state index in [9.17, 15) is 13.2 Å². The minimum absolute atomic E-state index is 0.219. The van der Waals surface area contributed by atoms with E-state index in [4.69, 9.17) is 0 Å². The van der Waals surface area contributed by atoms with E-state index in [0.29, 0.717) is 16.4 Å². The zero-order valence-corrected chi connectivity index (χ0v) is 8.42. The Bertz CT molecular complexity index is 700. The van der Waals surface area contributed by atoms with Crippen molar-refractivity contribution in [3.8, 4) is 0 Å². The Morgan fingerprint density at radius 3 is 2.59 bits per heavy atom. The summed E-state index contributed by atoms with van der Waals surface area (Å²) in [5.41, 5.74) is 1.22. The summed E-state index contributed by atoms with van der Waals surface area (Å²) >= 11 is 0. The largest absolute Gasteiger partial charge is 0.449 e. The molecule has 2 heterocycles. The Kier molecular flexibility index (Phi) is 1.89. The molecule has 3 nitrogen and oxygen atoms in total. The number of hydrogen-bond acceptors (Lipinski definition) is 2. The molecule has 6 heteroatoms. The summed E-state index contributed by atoms with van der Waals surface area (Å²) < 4.78 is 37.5. The minimum Gasteiger partial charge on any atom is -0.334 e. The van der Waals surface area contributed by atoms with Crippen molar-refractivity contribution in [3.05, 3.63) is 36.3 Å². The summed E-state index contributed by atoms with van der Waals surface area (Å²) in [5.74, 6) is -0.995. The molecule has 1 aromatic carbocycles. The van der Waals surface area contributed by atoms with E-state index < -0.39 is 12.0 Å². The van der Waals surface area contributed by atoms with Gasteiger partial charge in [0.1, 0.15) is 5.52 Å². The molecule has 0 bridgehead atoms. The number of rotatable bonds is 0. The summed E-state index contributed by atoms with van der Waals surface area (Å²) in [6, 6.07) is 6.98. The number of pyridine rings is 1. The standard InChI is InChI=1S/C11H6F3N3/c12-11(13,14)10-16-8-5-15-7-4-2-1-3-6(7)9(8)17-10/h1-5H,(H,16,17). The Balaban J connectivity index is 2.39. The number of nitrogens with one attached hydrogen (secondary N) is 1. The summed E-state index contributed by atoms with van der Waals surface area (Å²) in [6.45, 7) is 0. The highest BCUT2D eigenvalue weighted by atomic mass is 19.4. The van der Waals surface area contributed by atoms with Gasteiger partial charge in [-0.25, -0.2) is 4.98 Å². The number of aromatic amines is 1. The minimum atomic E-state index is -4.47. The molecule has 0 atom stereocenters. The number of nitrogens with zero attached hydrogens (tertiary/aromatic N) is 2. The second-order valence-corrected chi connectivity index (χ2v) is 3.62. The fourth-order valence-electron chi connectivity index (χ4n) is 1.75. The van der Waals surface area contributed by atoms with Gasteiger partial charge in [0.2, 0.25) is 5.82 Å². The van der Waals surface area contributed by atoms with Gasteiger partial charge in [0, 0.05) is 5.39 Å². The first-order valence-corrected chi connectivity index (χ1v) is 4.86. The maximum atomic E-state index is 12.5. The van der Waals surface area contributed by atoms with Gasteiger partial charge in [-0.15, -0.1) is 0 Å². The lowest BCUT2D eigenvalue weighted by atomic mass is 10.2. The molecule has 0 unspecified atom stereocenters. The van der Waals surface area contributed by atoms with Gasteiger partial charge in [-0.2, -0.15) is 13.2 Å². The lowest BCUT2D eigenvalue weighted by Crippen LogP contribution is -2.06. The topological polar surface area (TPSA) is 41.6 Å². The molecule has 0 aliphatic carbocycles. The van der Waals surface area contributed by atoms with Crippen LogP contribution in [0.4, 0.5) is 13.2 Å². The van der Waals surface area contributed by atoms with Crippen LogP contribution in [0, 0.1) is 0 Å². The van der Waals surface area contributed by atoms with Crippen LogP contribution in [0.1, 0.15) is 5.82 Å². The van der Waals surface area contributed by atoms with Crippen LogP contribution in [0.3, 0.4) is 0 Å². The van der Waals surface area contributed by atoms with E-state index in [2.05, 4.69) is 15.0 Å². The van der Waals surface area contributed by atoms with Gasteiger partial charge in [0.05, 0.1) is 17.2 Å². The fourth-order valence-corrected chi connectivity index (χ4v) is 1.75. The van der Waals surface area contributed by atoms with Crippen LogP contribution in [0.5, 0.6) is 0 Å². The number of alkyl halides is 3. The molecule has 0 saturated heterocycles. The van der Waals surface area contributed by atoms with Crippen LogP contribution in [-0.4, -0.2) is 15.0 Å². The Labute approximate surface area is 93.3 Å². The van der Waals surface area contributed by atoms with Crippen molar-refractivity contribution < 1.29 is 13.2 Å². The lowest BCUT2D eigenvalue weighted by Gasteiger charge is -1.99. The molecule has 1 N–H and O–H groups in total. The fraction of sp³-hybridized carbons (Fsp3) is 0.0909. The summed E-state index contributed by atoms with van der Waals surface area (Å²) in [6.07, 6.45) is -3.14. The maximum absolute atomic E-state index is 12.5. The van der Waals surface area contributed by atoms with Crippen molar-refractivity contribution >= 4 is 21.9 Å². The number of imidazole rings is 1. The van der Waals surface area contributed by atoms with E-state index >= 15 is 0 Å². The number of aromatic nitrogens is 3. The zero-order chi connectivity index (χ0) is 12.0. The van der Waals surface area contributed by atoms with Crippen LogP contribution >= 0.6 is 0 Å². The summed E-state index contributed by atoms with van der Waals surface area (Å²) in [7, 11) is 0. The highest BCUT2D eigenvalue weighted by Gasteiger charge is 2.34. The van der Waals surface area contributed by atoms with E-state index in [1.807, 2.05) is 0 Å². The molecular weight excluding hydrogens is 231 g/mol. The molecule has 0 radical (unpaired) electrons. The summed E-state index contributed by atoms with van der Waals surface area (Å²) in [4.78, 5) is 9.85. The van der Waals surface area contributed by atoms with Crippen LogP contribution < -0.4 is 0 Å². The van der Waals surface area contributed by atoms with E-state index in [-0.39, 0.29) is 5.52 Å². The smallest absolute Gasteiger partial charge is 0.334 e. The number of H-pyrrole nitrogens is 1. The Hall–Kier alpha value is -2.11. The predicted molar refractivity (Wildman–Crippen MR) is 56.4 cm³/mol. The average molecular weight is 237 g/mol. The van der Waals surface area contributed by atoms with Crippen molar-refractivity contribution in [2.24, 2.45) is 0 Å². The van der Waals surface area contributed by atoms with Crippen molar-refractivity contribution in [2.45, 2.75) is 6.18 Å². The summed E-state index contributed by atoms with van der Waals surface area (Å²) in [5, 5.41) is 0.632. The molecule has 86 valence electrons. The lowest BCUT2D eigenvalue weighted by molar-refractivity contribution is -0.144. The van der Waals surface area contributed by atoms with E-state index in [0.717, 1.165) is 0 Å². The van der Waals surface area contributed by atoms with Gasteiger partial charge in [-0.05, 0) is 6.07 Å². The molecule has 0 saturated carbocycles. The van der Waals surface area contributed by atoms with Crippen LogP contribution in [0.15, 0.2) is 30.5 Å². The van der Waals surface area contributed by atoms with Gasteiger partial charge in [0.15, 0.2) is 0 Å². The van der Waals surface area contributed by atoms with Gasteiger partial charge < -0.3 is 4.98 Å². The van der Waals surface area contributed by atoms with Crippen molar-refractivity contribution in [1.82, 2.24) is 15.0 Å². The third-order valence-corrected chi connectivity index (χ3v) is 2.50. The van der Waals surface area contributed by atoms with Crippen molar-refractivity contribution in [2.75, 3.05) is 0 Å². The third-order valence-electron chi connectivity index (χ3n) is 2.50. The maximum Gasteiger partial charge on any atom is 0.449 e. The van der Waals surface area contributed by atoms with E-state index in [1.165, 1.54) is 6.20 Å².